The van der Waals surface area contributed by atoms with E-state index in [0.717, 1.165) is 29.1 Å². The molecule has 1 aromatic heterocycles. The van der Waals surface area contributed by atoms with E-state index in [1.165, 1.54) is 16.9 Å². The molecule has 0 aliphatic heterocycles. The van der Waals surface area contributed by atoms with Crippen molar-refractivity contribution in [3.63, 3.8) is 0 Å². The van der Waals surface area contributed by atoms with Gasteiger partial charge in [-0.1, -0.05) is 35.9 Å². The largest absolute Gasteiger partial charge is 0.326 e. The number of aryl methyl sites for hydroxylation is 1. The van der Waals surface area contributed by atoms with E-state index in [9.17, 15) is 9.59 Å². The van der Waals surface area contributed by atoms with Crippen LogP contribution in [0.15, 0.2) is 53.9 Å². The second-order valence-electron chi connectivity index (χ2n) is 7.08. The Balaban J connectivity index is 1.36. The third-order valence-electron chi connectivity index (χ3n) is 4.55. The molecule has 4 rings (SSSR count). The number of rotatable bonds is 6. The highest BCUT2D eigenvalue weighted by Gasteiger charge is 2.29. The quantitative estimate of drug-likeness (QED) is 0.643. The van der Waals surface area contributed by atoms with Crippen molar-refractivity contribution in [2.24, 2.45) is 5.92 Å². The van der Waals surface area contributed by atoms with Gasteiger partial charge in [0.15, 0.2) is 0 Å². The lowest BCUT2D eigenvalue weighted by molar-refractivity contribution is -0.117. The van der Waals surface area contributed by atoms with Crippen LogP contribution >= 0.6 is 11.3 Å². The van der Waals surface area contributed by atoms with Crippen molar-refractivity contribution in [3.05, 3.63) is 65.2 Å². The van der Waals surface area contributed by atoms with Crippen molar-refractivity contribution in [3.8, 4) is 10.6 Å². The van der Waals surface area contributed by atoms with Crippen LogP contribution in [0.2, 0.25) is 0 Å². The molecule has 0 spiro atoms. The van der Waals surface area contributed by atoms with Crippen LogP contribution < -0.4 is 10.6 Å². The summed E-state index contributed by atoms with van der Waals surface area (Å²) in [6.07, 6.45) is 2.13. The summed E-state index contributed by atoms with van der Waals surface area (Å²) in [5.41, 5.74) is 4.37. The van der Waals surface area contributed by atoms with Crippen LogP contribution in [0, 0.1) is 12.8 Å². The Morgan fingerprint density at radius 1 is 1.07 bits per heavy atom. The molecule has 0 saturated heterocycles. The summed E-state index contributed by atoms with van der Waals surface area (Å²) in [4.78, 5) is 28.8. The first-order valence-electron chi connectivity index (χ1n) is 9.29. The fraction of sp³-hybridized carbons (Fsp3) is 0.227. The number of carbonyl (C=O) groups is 2. The number of hydrogen-bond acceptors (Lipinski definition) is 4. The van der Waals surface area contributed by atoms with E-state index < -0.39 is 0 Å². The number of amides is 2. The maximum atomic E-state index is 12.4. The number of carbonyl (C=O) groups excluding carboxylic acids is 2. The average Bonchev–Trinajstić information content (AvgIpc) is 3.43. The minimum atomic E-state index is -0.133. The highest BCUT2D eigenvalue weighted by molar-refractivity contribution is 7.13. The van der Waals surface area contributed by atoms with Crippen LogP contribution in [0.1, 0.15) is 24.1 Å². The van der Waals surface area contributed by atoms with Crippen molar-refractivity contribution in [1.82, 2.24) is 4.98 Å². The molecule has 28 heavy (non-hydrogen) atoms. The molecule has 0 bridgehead atoms. The van der Waals surface area contributed by atoms with Crippen LogP contribution in [0.25, 0.3) is 10.6 Å². The van der Waals surface area contributed by atoms with Crippen molar-refractivity contribution < 1.29 is 9.59 Å². The van der Waals surface area contributed by atoms with E-state index in [1.807, 2.05) is 42.6 Å². The molecule has 1 saturated carbocycles. The van der Waals surface area contributed by atoms with Crippen LogP contribution in [-0.4, -0.2) is 16.8 Å². The first-order chi connectivity index (χ1) is 13.6. The van der Waals surface area contributed by atoms with Crippen LogP contribution in [-0.2, 0) is 16.0 Å². The molecule has 0 radical (unpaired) electrons. The molecule has 2 N–H and O–H groups in total. The fourth-order valence-corrected chi connectivity index (χ4v) is 3.68. The Hall–Kier alpha value is -2.99. The van der Waals surface area contributed by atoms with Crippen molar-refractivity contribution in [2.45, 2.75) is 26.2 Å². The Morgan fingerprint density at radius 2 is 1.79 bits per heavy atom. The summed E-state index contributed by atoms with van der Waals surface area (Å²) in [5.74, 6) is 0.0617. The zero-order valence-electron chi connectivity index (χ0n) is 15.6. The second-order valence-corrected chi connectivity index (χ2v) is 7.94. The third-order valence-corrected chi connectivity index (χ3v) is 5.49. The number of anilines is 2. The Bertz CT molecular complexity index is 1010. The lowest BCUT2D eigenvalue weighted by atomic mass is 10.2. The summed E-state index contributed by atoms with van der Waals surface area (Å²) in [7, 11) is 0. The second kappa shape index (κ2) is 7.94. The van der Waals surface area contributed by atoms with Crippen LogP contribution in [0.4, 0.5) is 11.4 Å². The molecule has 2 aromatic carbocycles. The normalized spacial score (nSPS) is 13.2. The zero-order chi connectivity index (χ0) is 19.5. The summed E-state index contributed by atoms with van der Waals surface area (Å²) in [6.45, 7) is 2.05. The molecule has 1 fully saturated rings. The lowest BCUT2D eigenvalue weighted by Crippen LogP contribution is -2.16. The number of hydrogen-bond donors (Lipinski definition) is 2. The molecule has 0 atom stereocenters. The van der Waals surface area contributed by atoms with Gasteiger partial charge in [0.2, 0.25) is 11.8 Å². The fourth-order valence-electron chi connectivity index (χ4n) is 2.85. The maximum Gasteiger partial charge on any atom is 0.230 e. The lowest BCUT2D eigenvalue weighted by Gasteiger charge is -2.08. The standard InChI is InChI=1S/C22H21N3O2S/c1-14-5-7-16(8-6-14)22-25-19(13-28-22)12-20(26)23-17-3-2-4-18(11-17)24-21(27)15-9-10-15/h2-8,11,13,15H,9-10,12H2,1H3,(H,23,26)(H,24,27). The number of nitrogens with zero attached hydrogens (tertiary/aromatic N) is 1. The first kappa shape index (κ1) is 18.4. The molecular weight excluding hydrogens is 370 g/mol. The minimum absolute atomic E-state index is 0.0505. The van der Waals surface area contributed by atoms with E-state index in [2.05, 4.69) is 27.8 Å². The van der Waals surface area contributed by atoms with E-state index >= 15 is 0 Å². The summed E-state index contributed by atoms with van der Waals surface area (Å²) >= 11 is 1.54. The summed E-state index contributed by atoms with van der Waals surface area (Å²) in [5, 5.41) is 8.60. The number of benzene rings is 2. The molecule has 6 heteroatoms. The highest BCUT2D eigenvalue weighted by Crippen LogP contribution is 2.30. The zero-order valence-corrected chi connectivity index (χ0v) is 16.4. The molecule has 0 unspecified atom stereocenters. The average molecular weight is 391 g/mol. The van der Waals surface area contributed by atoms with Gasteiger partial charge in [0.05, 0.1) is 12.1 Å². The van der Waals surface area contributed by atoms with Crippen molar-refractivity contribution in [1.29, 1.82) is 0 Å². The van der Waals surface area contributed by atoms with E-state index in [4.69, 9.17) is 0 Å². The molecule has 5 nitrogen and oxygen atoms in total. The molecule has 142 valence electrons. The van der Waals surface area contributed by atoms with Gasteiger partial charge >= 0.3 is 0 Å². The van der Waals surface area contributed by atoms with Crippen LogP contribution in [0.3, 0.4) is 0 Å². The Morgan fingerprint density at radius 3 is 2.50 bits per heavy atom. The van der Waals surface area contributed by atoms with Crippen LogP contribution in [0.5, 0.6) is 0 Å². The monoisotopic (exact) mass is 391 g/mol. The highest BCUT2D eigenvalue weighted by atomic mass is 32.1. The maximum absolute atomic E-state index is 12.4. The van der Waals surface area contributed by atoms with Gasteiger partial charge in [-0.05, 0) is 38.0 Å². The number of aromatic nitrogens is 1. The molecule has 1 heterocycles. The topological polar surface area (TPSA) is 71.1 Å². The molecule has 1 aliphatic carbocycles. The number of nitrogens with one attached hydrogen (secondary N) is 2. The van der Waals surface area contributed by atoms with Gasteiger partial charge in [-0.3, -0.25) is 9.59 Å². The molecule has 1 aliphatic rings. The number of thiazole rings is 1. The van der Waals surface area contributed by atoms with Gasteiger partial charge < -0.3 is 10.6 Å². The molecule has 3 aromatic rings. The third kappa shape index (κ3) is 4.64. The van der Waals surface area contributed by atoms with E-state index in [1.54, 1.807) is 6.07 Å². The molecular formula is C22H21N3O2S. The van der Waals surface area contributed by atoms with Crippen molar-refractivity contribution >= 4 is 34.5 Å². The SMILES string of the molecule is Cc1ccc(-c2nc(CC(=O)Nc3cccc(NC(=O)C4CC4)c3)cs2)cc1. The predicted octanol–water partition coefficient (Wildman–Crippen LogP) is 4.65. The van der Waals surface area contributed by atoms with E-state index in [-0.39, 0.29) is 24.2 Å². The molecule has 2 amide bonds. The van der Waals surface area contributed by atoms with Gasteiger partial charge in [0.1, 0.15) is 5.01 Å². The Labute approximate surface area is 167 Å². The summed E-state index contributed by atoms with van der Waals surface area (Å²) in [6, 6.07) is 15.4. The van der Waals surface area contributed by atoms with Gasteiger partial charge in [-0.15, -0.1) is 11.3 Å². The summed E-state index contributed by atoms with van der Waals surface area (Å²) < 4.78 is 0. The first-order valence-corrected chi connectivity index (χ1v) is 10.2. The van der Waals surface area contributed by atoms with E-state index in [0.29, 0.717) is 11.4 Å². The predicted molar refractivity (Wildman–Crippen MR) is 112 cm³/mol. The van der Waals surface area contributed by atoms with Gasteiger partial charge in [-0.25, -0.2) is 4.98 Å². The van der Waals surface area contributed by atoms with Gasteiger partial charge in [0, 0.05) is 28.2 Å². The smallest absolute Gasteiger partial charge is 0.230 e. The minimum Gasteiger partial charge on any atom is -0.326 e. The van der Waals surface area contributed by atoms with Gasteiger partial charge in [0.25, 0.3) is 0 Å². The van der Waals surface area contributed by atoms with Crippen molar-refractivity contribution in [2.75, 3.05) is 10.6 Å². The Kier molecular flexibility index (Phi) is 5.21. The van der Waals surface area contributed by atoms with Gasteiger partial charge in [-0.2, -0.15) is 0 Å².